The van der Waals surface area contributed by atoms with Gasteiger partial charge in [-0.05, 0) is 48.6 Å². The lowest BCUT2D eigenvalue weighted by atomic mass is 9.80. The fourth-order valence-corrected chi connectivity index (χ4v) is 6.03. The number of phenolic OH excluding ortho intramolecular Hbond substituents is 1. The molecular formula is C29H29F3N6O3. The number of hydrogen-bond acceptors (Lipinski definition) is 6. The molecule has 0 bridgehead atoms. The van der Waals surface area contributed by atoms with Crippen LogP contribution in [0.25, 0.3) is 5.69 Å². The number of anilines is 1. The SMILES string of the molecule is C=CC(=O)N1CCc2nn(-c3ccc(C4CCC4)cc3O)c3c2C(C1)N(C(=O)c1ncc(C(F)(F)F)cc1N)CC3. The first-order valence-corrected chi connectivity index (χ1v) is 13.6. The van der Waals surface area contributed by atoms with Gasteiger partial charge in [-0.25, -0.2) is 9.67 Å². The van der Waals surface area contributed by atoms with Gasteiger partial charge in [0.05, 0.1) is 28.7 Å². The van der Waals surface area contributed by atoms with Crippen molar-refractivity contribution in [3.05, 3.63) is 76.9 Å². The molecule has 1 fully saturated rings. The number of phenols is 1. The molecule has 1 unspecified atom stereocenters. The lowest BCUT2D eigenvalue weighted by Gasteiger charge is -2.37. The minimum atomic E-state index is -4.65. The van der Waals surface area contributed by atoms with Gasteiger partial charge in [0.15, 0.2) is 5.69 Å². The zero-order valence-corrected chi connectivity index (χ0v) is 22.2. The second kappa shape index (κ2) is 9.93. The molecule has 2 aliphatic heterocycles. The summed E-state index contributed by atoms with van der Waals surface area (Å²) < 4.78 is 41.2. The van der Waals surface area contributed by atoms with Gasteiger partial charge in [0, 0.05) is 44.2 Å². The minimum absolute atomic E-state index is 0.114. The Labute approximate surface area is 234 Å². The molecule has 1 aromatic carbocycles. The first-order valence-electron chi connectivity index (χ1n) is 13.6. The smallest absolute Gasteiger partial charge is 0.417 e. The van der Waals surface area contributed by atoms with Crippen molar-refractivity contribution in [1.82, 2.24) is 24.6 Å². The van der Waals surface area contributed by atoms with Crippen molar-refractivity contribution in [2.24, 2.45) is 0 Å². The van der Waals surface area contributed by atoms with Crippen molar-refractivity contribution in [2.75, 3.05) is 25.4 Å². The number of nitrogens with zero attached hydrogens (tertiary/aromatic N) is 5. The molecule has 3 N–H and O–H groups in total. The van der Waals surface area contributed by atoms with E-state index in [1.165, 1.54) is 17.4 Å². The van der Waals surface area contributed by atoms with E-state index in [-0.39, 0.29) is 36.1 Å². The molecule has 1 atom stereocenters. The number of alkyl halides is 3. The Morgan fingerprint density at radius 1 is 1.15 bits per heavy atom. The van der Waals surface area contributed by atoms with Crippen LogP contribution in [-0.2, 0) is 23.8 Å². The van der Waals surface area contributed by atoms with Crippen molar-refractivity contribution >= 4 is 17.5 Å². The maximum absolute atomic E-state index is 13.7. The predicted octanol–water partition coefficient (Wildman–Crippen LogP) is 4.15. The lowest BCUT2D eigenvalue weighted by molar-refractivity contribution is -0.137. The first kappa shape index (κ1) is 26.9. The fourth-order valence-electron chi connectivity index (χ4n) is 6.03. The molecule has 12 heteroatoms. The Hall–Kier alpha value is -4.35. The molecule has 0 radical (unpaired) electrons. The number of rotatable bonds is 4. The molecule has 41 heavy (non-hydrogen) atoms. The Morgan fingerprint density at radius 2 is 1.93 bits per heavy atom. The topological polar surface area (TPSA) is 118 Å². The highest BCUT2D eigenvalue weighted by Crippen LogP contribution is 2.41. The number of nitrogen functional groups attached to an aromatic ring is 1. The molecule has 1 saturated carbocycles. The third-order valence-corrected chi connectivity index (χ3v) is 8.41. The van der Waals surface area contributed by atoms with Crippen LogP contribution in [0.15, 0.2) is 43.1 Å². The van der Waals surface area contributed by atoms with E-state index in [4.69, 9.17) is 10.8 Å². The number of aromatic hydroxyl groups is 1. The largest absolute Gasteiger partial charge is 0.506 e. The second-order valence-electron chi connectivity index (χ2n) is 10.8. The highest BCUT2D eigenvalue weighted by molar-refractivity contribution is 5.97. The molecule has 2 aromatic heterocycles. The maximum Gasteiger partial charge on any atom is 0.417 e. The summed E-state index contributed by atoms with van der Waals surface area (Å²) in [6, 6.07) is 5.71. The fraction of sp³-hybridized carbons (Fsp3) is 0.379. The summed E-state index contributed by atoms with van der Waals surface area (Å²) in [6.07, 6.45) is 1.31. The molecule has 9 nitrogen and oxygen atoms in total. The minimum Gasteiger partial charge on any atom is -0.506 e. The monoisotopic (exact) mass is 566 g/mol. The van der Waals surface area contributed by atoms with Crippen LogP contribution in [0, 0.1) is 0 Å². The quantitative estimate of drug-likeness (QED) is 0.459. The third kappa shape index (κ3) is 4.60. The lowest BCUT2D eigenvalue weighted by Crippen LogP contribution is -2.46. The summed E-state index contributed by atoms with van der Waals surface area (Å²) >= 11 is 0. The highest BCUT2D eigenvalue weighted by Gasteiger charge is 2.41. The number of aromatic nitrogens is 3. The third-order valence-electron chi connectivity index (χ3n) is 8.41. The Kier molecular flexibility index (Phi) is 6.50. The van der Waals surface area contributed by atoms with E-state index in [1.807, 2.05) is 12.1 Å². The van der Waals surface area contributed by atoms with E-state index in [9.17, 15) is 27.9 Å². The van der Waals surface area contributed by atoms with E-state index in [0.717, 1.165) is 29.7 Å². The summed E-state index contributed by atoms with van der Waals surface area (Å²) in [7, 11) is 0. The van der Waals surface area contributed by atoms with Crippen LogP contribution in [0.3, 0.4) is 0 Å². The Morgan fingerprint density at radius 3 is 2.56 bits per heavy atom. The van der Waals surface area contributed by atoms with Gasteiger partial charge < -0.3 is 20.6 Å². The van der Waals surface area contributed by atoms with Crippen molar-refractivity contribution in [3.63, 3.8) is 0 Å². The molecule has 1 aliphatic carbocycles. The van der Waals surface area contributed by atoms with Crippen molar-refractivity contribution in [2.45, 2.75) is 50.2 Å². The molecule has 3 aliphatic rings. The van der Waals surface area contributed by atoms with Crippen LogP contribution >= 0.6 is 0 Å². The van der Waals surface area contributed by atoms with E-state index in [2.05, 4.69) is 11.6 Å². The highest BCUT2D eigenvalue weighted by atomic mass is 19.4. The molecular weight excluding hydrogens is 537 g/mol. The number of amides is 2. The van der Waals surface area contributed by atoms with Crippen molar-refractivity contribution < 1.29 is 27.9 Å². The number of carbonyl (C=O) groups is 2. The molecule has 3 aromatic rings. The summed E-state index contributed by atoms with van der Waals surface area (Å²) in [4.78, 5) is 33.2. The number of pyridine rings is 1. The molecule has 4 heterocycles. The molecule has 6 rings (SSSR count). The zero-order chi connectivity index (χ0) is 29.1. The van der Waals surface area contributed by atoms with Gasteiger partial charge in [-0.1, -0.05) is 19.1 Å². The molecule has 0 saturated heterocycles. The van der Waals surface area contributed by atoms with E-state index < -0.39 is 23.7 Å². The van der Waals surface area contributed by atoms with Crippen LogP contribution in [0.1, 0.15) is 69.8 Å². The van der Waals surface area contributed by atoms with Gasteiger partial charge in [-0.2, -0.15) is 18.3 Å². The first-order chi connectivity index (χ1) is 19.6. The van der Waals surface area contributed by atoms with Crippen LogP contribution in [-0.4, -0.2) is 61.1 Å². The summed E-state index contributed by atoms with van der Waals surface area (Å²) in [6.45, 7) is 4.23. The van der Waals surface area contributed by atoms with E-state index >= 15 is 0 Å². The standard InChI is InChI=1S/C29H29F3N6O3/c1-2-25(40)36-10-8-20-26-22(38(35-20)21-7-6-17(12-24(21)39)16-4-3-5-16)9-11-37(23(26)15-36)28(41)27-19(33)13-18(14-34-27)29(30,31)32/h2,6-7,12-14,16,23,39H,1,3-5,8-11,15,33H2. The number of benzene rings is 1. The predicted molar refractivity (Wildman–Crippen MR) is 143 cm³/mol. The second-order valence-corrected chi connectivity index (χ2v) is 10.8. The number of carbonyl (C=O) groups excluding carboxylic acids is 2. The van der Waals surface area contributed by atoms with Gasteiger partial charge in [0.1, 0.15) is 11.4 Å². The molecule has 0 spiro atoms. The zero-order valence-electron chi connectivity index (χ0n) is 22.2. The summed E-state index contributed by atoms with van der Waals surface area (Å²) in [5, 5.41) is 15.8. The Bertz CT molecular complexity index is 1560. The number of nitrogens with two attached hydrogens (primary N) is 1. The van der Waals surface area contributed by atoms with Crippen LogP contribution in [0.2, 0.25) is 0 Å². The van der Waals surface area contributed by atoms with Crippen LogP contribution in [0.4, 0.5) is 18.9 Å². The van der Waals surface area contributed by atoms with Gasteiger partial charge in [-0.15, -0.1) is 0 Å². The maximum atomic E-state index is 13.7. The summed E-state index contributed by atoms with van der Waals surface area (Å²) in [5.41, 5.74) is 8.05. The molecule has 214 valence electrons. The van der Waals surface area contributed by atoms with Gasteiger partial charge >= 0.3 is 6.18 Å². The van der Waals surface area contributed by atoms with Gasteiger partial charge in [0.2, 0.25) is 5.91 Å². The average molecular weight is 567 g/mol. The van der Waals surface area contributed by atoms with Crippen LogP contribution < -0.4 is 5.73 Å². The number of halogens is 3. The molecule has 2 amide bonds. The number of hydrogen-bond donors (Lipinski definition) is 2. The van der Waals surface area contributed by atoms with Crippen molar-refractivity contribution in [3.8, 4) is 11.4 Å². The van der Waals surface area contributed by atoms with E-state index in [0.29, 0.717) is 48.9 Å². The van der Waals surface area contributed by atoms with Crippen molar-refractivity contribution in [1.29, 1.82) is 0 Å². The van der Waals surface area contributed by atoms with Gasteiger partial charge in [0.25, 0.3) is 5.91 Å². The Balaban J connectivity index is 1.40. The summed E-state index contributed by atoms with van der Waals surface area (Å²) in [5.74, 6) is -0.375. The normalized spacial score (nSPS) is 18.9. The van der Waals surface area contributed by atoms with E-state index in [1.54, 1.807) is 15.6 Å². The average Bonchev–Trinajstić information content (AvgIpc) is 3.15. The van der Waals surface area contributed by atoms with Crippen LogP contribution in [0.5, 0.6) is 5.75 Å². The van der Waals surface area contributed by atoms with Gasteiger partial charge in [-0.3, -0.25) is 9.59 Å².